The molecule has 0 saturated heterocycles. The summed E-state index contributed by atoms with van der Waals surface area (Å²) in [7, 11) is 0. The Morgan fingerprint density at radius 3 is 2.53 bits per heavy atom. The SMILES string of the molecule is CCCO[C@]12C[C@@H]3C[C@H](C1)C(=O)[C@@H](C3)C2. The van der Waals surface area contributed by atoms with Crippen molar-refractivity contribution in [2.45, 2.75) is 51.0 Å². The van der Waals surface area contributed by atoms with Crippen LogP contribution in [0.25, 0.3) is 0 Å². The minimum absolute atomic E-state index is 0.112. The molecule has 2 heteroatoms. The fourth-order valence-electron chi connectivity index (χ4n) is 4.17. The highest BCUT2D eigenvalue weighted by Crippen LogP contribution is 2.55. The molecule has 0 N–H and O–H groups in total. The minimum atomic E-state index is 0.112. The van der Waals surface area contributed by atoms with E-state index in [4.69, 9.17) is 4.74 Å². The first-order valence-electron chi connectivity index (χ1n) is 6.40. The third kappa shape index (κ3) is 1.45. The van der Waals surface area contributed by atoms with Gasteiger partial charge < -0.3 is 4.74 Å². The normalized spacial score (nSPS) is 47.5. The molecule has 0 heterocycles. The number of carbonyl (C=O) groups is 1. The first-order chi connectivity index (χ1) is 7.22. The molecule has 0 radical (unpaired) electrons. The van der Waals surface area contributed by atoms with Gasteiger partial charge in [0.15, 0.2) is 0 Å². The largest absolute Gasteiger partial charge is 0.375 e. The highest BCUT2D eigenvalue weighted by atomic mass is 16.5. The van der Waals surface area contributed by atoms with E-state index in [1.54, 1.807) is 0 Å². The molecule has 0 aromatic rings. The summed E-state index contributed by atoms with van der Waals surface area (Å²) in [4.78, 5) is 11.9. The fourth-order valence-corrected chi connectivity index (χ4v) is 4.17. The zero-order valence-electron chi connectivity index (χ0n) is 9.50. The molecule has 4 aliphatic rings. The van der Waals surface area contributed by atoms with Gasteiger partial charge in [0.2, 0.25) is 0 Å². The van der Waals surface area contributed by atoms with E-state index in [-0.39, 0.29) is 5.60 Å². The van der Waals surface area contributed by atoms with Crippen LogP contribution in [0.3, 0.4) is 0 Å². The Bertz CT molecular complexity index is 266. The van der Waals surface area contributed by atoms with Crippen LogP contribution in [-0.2, 0) is 9.53 Å². The summed E-state index contributed by atoms with van der Waals surface area (Å²) in [6, 6.07) is 0. The van der Waals surface area contributed by atoms with Gasteiger partial charge in [0, 0.05) is 18.4 Å². The van der Waals surface area contributed by atoms with Crippen LogP contribution in [-0.4, -0.2) is 18.0 Å². The molecule has 4 bridgehead atoms. The third-order valence-corrected chi connectivity index (χ3v) is 4.55. The van der Waals surface area contributed by atoms with Gasteiger partial charge >= 0.3 is 0 Å². The Balaban J connectivity index is 1.80. The highest BCUT2D eigenvalue weighted by Gasteiger charge is 2.55. The Hall–Kier alpha value is -0.370. The van der Waals surface area contributed by atoms with Crippen molar-refractivity contribution in [2.24, 2.45) is 17.8 Å². The number of hydrogen-bond donors (Lipinski definition) is 0. The van der Waals surface area contributed by atoms with E-state index in [2.05, 4.69) is 6.92 Å². The Kier molecular flexibility index (Phi) is 2.17. The quantitative estimate of drug-likeness (QED) is 0.712. The van der Waals surface area contributed by atoms with Crippen molar-refractivity contribution in [3.8, 4) is 0 Å². The van der Waals surface area contributed by atoms with Crippen molar-refractivity contribution >= 4 is 5.78 Å². The van der Waals surface area contributed by atoms with Crippen molar-refractivity contribution in [3.63, 3.8) is 0 Å². The second kappa shape index (κ2) is 3.31. The molecule has 4 atom stereocenters. The maximum Gasteiger partial charge on any atom is 0.139 e. The van der Waals surface area contributed by atoms with Gasteiger partial charge in [-0.2, -0.15) is 0 Å². The number of carbonyl (C=O) groups excluding carboxylic acids is 1. The monoisotopic (exact) mass is 208 g/mol. The van der Waals surface area contributed by atoms with Crippen LogP contribution in [0.15, 0.2) is 0 Å². The van der Waals surface area contributed by atoms with Crippen LogP contribution in [0.2, 0.25) is 0 Å². The first kappa shape index (κ1) is 9.83. The zero-order valence-corrected chi connectivity index (χ0v) is 9.50. The average Bonchev–Trinajstić information content (AvgIpc) is 2.22. The minimum Gasteiger partial charge on any atom is -0.375 e. The van der Waals surface area contributed by atoms with Gasteiger partial charge in [-0.05, 0) is 44.4 Å². The van der Waals surface area contributed by atoms with Crippen LogP contribution in [0, 0.1) is 17.8 Å². The molecule has 15 heavy (non-hydrogen) atoms. The predicted octanol–water partition coefficient (Wildman–Crippen LogP) is 2.56. The third-order valence-electron chi connectivity index (χ3n) is 4.55. The molecule has 4 saturated carbocycles. The molecule has 0 amide bonds. The number of ketones is 1. The Morgan fingerprint density at radius 1 is 1.27 bits per heavy atom. The summed E-state index contributed by atoms with van der Waals surface area (Å²) < 4.78 is 6.09. The van der Waals surface area contributed by atoms with E-state index in [1.165, 1.54) is 6.42 Å². The average molecular weight is 208 g/mol. The summed E-state index contributed by atoms with van der Waals surface area (Å²) in [5, 5.41) is 0. The molecule has 0 spiro atoms. The molecular formula is C13H20O2. The topological polar surface area (TPSA) is 26.3 Å². The molecule has 84 valence electrons. The van der Waals surface area contributed by atoms with Gasteiger partial charge in [-0.1, -0.05) is 6.92 Å². The van der Waals surface area contributed by atoms with Crippen LogP contribution < -0.4 is 0 Å². The first-order valence-corrected chi connectivity index (χ1v) is 6.40. The summed E-state index contributed by atoms with van der Waals surface area (Å²) in [5.74, 6) is 2.06. The lowest BCUT2D eigenvalue weighted by Gasteiger charge is -2.55. The van der Waals surface area contributed by atoms with Crippen LogP contribution in [0.4, 0.5) is 0 Å². The molecular weight excluding hydrogens is 188 g/mol. The number of hydrogen-bond acceptors (Lipinski definition) is 2. The maximum atomic E-state index is 11.9. The molecule has 0 aromatic heterocycles. The van der Waals surface area contributed by atoms with E-state index in [0.717, 1.165) is 44.6 Å². The predicted molar refractivity (Wildman–Crippen MR) is 57.5 cm³/mol. The van der Waals surface area contributed by atoms with Crippen molar-refractivity contribution in [1.82, 2.24) is 0 Å². The van der Waals surface area contributed by atoms with Gasteiger partial charge in [-0.15, -0.1) is 0 Å². The molecule has 0 aliphatic heterocycles. The van der Waals surface area contributed by atoms with E-state index >= 15 is 0 Å². The lowest BCUT2D eigenvalue weighted by Crippen LogP contribution is -2.56. The van der Waals surface area contributed by atoms with Crippen LogP contribution in [0.5, 0.6) is 0 Å². The standard InChI is InChI=1S/C13H20O2/c1-2-3-15-13-6-9-4-10(7-13)12(14)11(5-9)8-13/h9-11H,2-8H2,1H3/t9-,10-,11+,13-. The molecule has 4 rings (SSSR count). The van der Waals surface area contributed by atoms with Crippen molar-refractivity contribution in [2.75, 3.05) is 6.61 Å². The summed E-state index contributed by atoms with van der Waals surface area (Å²) >= 11 is 0. The maximum absolute atomic E-state index is 11.9. The lowest BCUT2D eigenvalue weighted by molar-refractivity contribution is -0.175. The van der Waals surface area contributed by atoms with Crippen molar-refractivity contribution in [1.29, 1.82) is 0 Å². The summed E-state index contributed by atoms with van der Waals surface area (Å²) in [6.07, 6.45) is 6.69. The molecule has 4 aliphatic carbocycles. The van der Waals surface area contributed by atoms with Crippen molar-refractivity contribution in [3.05, 3.63) is 0 Å². The van der Waals surface area contributed by atoms with Gasteiger partial charge in [-0.3, -0.25) is 4.79 Å². The molecule has 0 unspecified atom stereocenters. The van der Waals surface area contributed by atoms with E-state index < -0.39 is 0 Å². The summed E-state index contributed by atoms with van der Waals surface area (Å²) in [5.41, 5.74) is 0.112. The number of rotatable bonds is 3. The lowest BCUT2D eigenvalue weighted by atomic mass is 9.53. The summed E-state index contributed by atoms with van der Waals surface area (Å²) in [6.45, 7) is 3.03. The Labute approximate surface area is 91.4 Å². The van der Waals surface area contributed by atoms with Crippen LogP contribution >= 0.6 is 0 Å². The zero-order chi connectivity index (χ0) is 10.5. The molecule has 4 fully saturated rings. The second-order valence-corrected chi connectivity index (χ2v) is 5.78. The van der Waals surface area contributed by atoms with E-state index in [1.807, 2.05) is 0 Å². The highest BCUT2D eigenvalue weighted by molar-refractivity contribution is 5.85. The molecule has 0 aromatic carbocycles. The second-order valence-electron chi connectivity index (χ2n) is 5.78. The van der Waals surface area contributed by atoms with E-state index in [0.29, 0.717) is 17.6 Å². The van der Waals surface area contributed by atoms with Gasteiger partial charge in [-0.25, -0.2) is 0 Å². The Morgan fingerprint density at radius 2 is 1.93 bits per heavy atom. The number of ether oxygens (including phenoxy) is 1. The fraction of sp³-hybridized carbons (Fsp3) is 0.923. The smallest absolute Gasteiger partial charge is 0.139 e. The number of Topliss-reactive ketones (excluding diaryl/α,β-unsaturated/α-hetero) is 1. The van der Waals surface area contributed by atoms with Gasteiger partial charge in [0.25, 0.3) is 0 Å². The van der Waals surface area contributed by atoms with E-state index in [9.17, 15) is 4.79 Å². The van der Waals surface area contributed by atoms with Crippen molar-refractivity contribution < 1.29 is 9.53 Å². The van der Waals surface area contributed by atoms with Gasteiger partial charge in [0.1, 0.15) is 5.78 Å². The van der Waals surface area contributed by atoms with Crippen LogP contribution in [0.1, 0.15) is 45.4 Å². The van der Waals surface area contributed by atoms with Gasteiger partial charge in [0.05, 0.1) is 5.60 Å². The molecule has 2 nitrogen and oxygen atoms in total.